The predicted octanol–water partition coefficient (Wildman–Crippen LogP) is 2.85. The lowest BCUT2D eigenvalue weighted by molar-refractivity contribution is 0.122. The van der Waals surface area contributed by atoms with Gasteiger partial charge in [0, 0.05) is 62.9 Å². The molecule has 2 saturated heterocycles. The van der Waals surface area contributed by atoms with Gasteiger partial charge in [-0.3, -0.25) is 4.68 Å². The summed E-state index contributed by atoms with van der Waals surface area (Å²) in [5.41, 5.74) is 2.45. The first-order valence-electron chi connectivity index (χ1n) is 10.5. The minimum atomic E-state index is 0.398. The van der Waals surface area contributed by atoms with Gasteiger partial charge in [-0.05, 0) is 24.8 Å². The van der Waals surface area contributed by atoms with E-state index >= 15 is 0 Å². The Hall–Kier alpha value is -2.28. The Morgan fingerprint density at radius 1 is 1.18 bits per heavy atom. The number of hydrogen-bond donors (Lipinski definition) is 1. The number of morpholine rings is 1. The number of piperidine rings is 1. The van der Waals surface area contributed by atoms with Crippen molar-refractivity contribution in [3.8, 4) is 0 Å². The number of nitrogens with zero attached hydrogens (tertiary/aromatic N) is 5. The number of nitrogens with one attached hydrogen (secondary N) is 1. The summed E-state index contributed by atoms with van der Waals surface area (Å²) in [5, 5.41) is 8.19. The maximum atomic E-state index is 5.46. The van der Waals surface area contributed by atoms with Crippen LogP contribution >= 0.6 is 0 Å². The van der Waals surface area contributed by atoms with Crippen LogP contribution in [0.1, 0.15) is 26.7 Å². The van der Waals surface area contributed by atoms with E-state index in [0.717, 1.165) is 51.8 Å². The van der Waals surface area contributed by atoms with E-state index in [9.17, 15) is 0 Å². The molecule has 1 atom stereocenters. The Bertz CT molecular complexity index is 755. The molecule has 2 aromatic rings. The summed E-state index contributed by atoms with van der Waals surface area (Å²) in [4.78, 5) is 9.37. The van der Waals surface area contributed by atoms with Crippen molar-refractivity contribution in [3.63, 3.8) is 0 Å². The summed E-state index contributed by atoms with van der Waals surface area (Å²) in [7, 11) is 0. The van der Waals surface area contributed by atoms with Gasteiger partial charge in [-0.2, -0.15) is 5.10 Å². The highest BCUT2D eigenvalue weighted by molar-refractivity contribution is 5.55. The molecule has 7 nitrogen and oxygen atoms in total. The Morgan fingerprint density at radius 2 is 2.04 bits per heavy atom. The van der Waals surface area contributed by atoms with Gasteiger partial charge in [0.2, 0.25) is 0 Å². The van der Waals surface area contributed by atoms with Gasteiger partial charge in [-0.25, -0.2) is 4.98 Å². The van der Waals surface area contributed by atoms with Crippen LogP contribution < -0.4 is 15.1 Å². The van der Waals surface area contributed by atoms with Gasteiger partial charge in [-0.1, -0.05) is 13.8 Å². The van der Waals surface area contributed by atoms with Crippen LogP contribution in [0.5, 0.6) is 0 Å². The lowest BCUT2D eigenvalue weighted by Gasteiger charge is -2.34. The van der Waals surface area contributed by atoms with Crippen LogP contribution in [0.2, 0.25) is 0 Å². The van der Waals surface area contributed by atoms with Crippen molar-refractivity contribution in [2.75, 3.05) is 54.5 Å². The highest BCUT2D eigenvalue weighted by Gasteiger charge is 2.22. The van der Waals surface area contributed by atoms with Gasteiger partial charge in [0.15, 0.2) is 0 Å². The summed E-state index contributed by atoms with van der Waals surface area (Å²) in [6, 6.07) is 4.66. The largest absolute Gasteiger partial charge is 0.378 e. The summed E-state index contributed by atoms with van der Waals surface area (Å²) in [6.45, 7) is 11.0. The molecule has 4 rings (SSSR count). The zero-order valence-electron chi connectivity index (χ0n) is 17.0. The fraction of sp³-hybridized carbons (Fsp3) is 0.619. The molecule has 0 radical (unpaired) electrons. The fourth-order valence-electron chi connectivity index (χ4n) is 4.05. The molecule has 0 amide bonds. The first-order chi connectivity index (χ1) is 13.7. The molecule has 7 heteroatoms. The van der Waals surface area contributed by atoms with Crippen LogP contribution in [-0.2, 0) is 11.3 Å². The zero-order valence-corrected chi connectivity index (χ0v) is 17.0. The molecular formula is C21H32N6O. The summed E-state index contributed by atoms with van der Waals surface area (Å²) in [5.74, 6) is 1.57. The van der Waals surface area contributed by atoms with Gasteiger partial charge in [0.1, 0.15) is 5.82 Å². The second-order valence-electron chi connectivity index (χ2n) is 8.24. The van der Waals surface area contributed by atoms with Crippen LogP contribution in [-0.4, -0.2) is 60.2 Å². The normalized spacial score (nSPS) is 20.6. The number of rotatable bonds is 6. The van der Waals surface area contributed by atoms with Crippen molar-refractivity contribution in [2.45, 2.75) is 39.3 Å². The maximum absolute atomic E-state index is 5.46. The molecule has 1 N–H and O–H groups in total. The molecule has 152 valence electrons. The first kappa shape index (κ1) is 19.1. The molecule has 28 heavy (non-hydrogen) atoms. The van der Waals surface area contributed by atoms with Gasteiger partial charge in [0.05, 0.1) is 25.1 Å². The van der Waals surface area contributed by atoms with Crippen molar-refractivity contribution >= 4 is 17.2 Å². The van der Waals surface area contributed by atoms with Gasteiger partial charge in [-0.15, -0.1) is 0 Å². The van der Waals surface area contributed by atoms with E-state index in [-0.39, 0.29) is 0 Å². The van der Waals surface area contributed by atoms with Crippen LogP contribution in [0.25, 0.3) is 0 Å². The van der Waals surface area contributed by atoms with Crippen molar-refractivity contribution in [3.05, 3.63) is 30.7 Å². The molecule has 0 bridgehead atoms. The van der Waals surface area contributed by atoms with Crippen LogP contribution in [0.3, 0.4) is 0 Å². The minimum Gasteiger partial charge on any atom is -0.378 e. The smallest absolute Gasteiger partial charge is 0.128 e. The highest BCUT2D eigenvalue weighted by Crippen LogP contribution is 2.23. The second kappa shape index (κ2) is 8.82. The molecule has 2 aliphatic rings. The molecular weight excluding hydrogens is 352 g/mol. The number of aromatic nitrogens is 3. The molecule has 0 spiro atoms. The van der Waals surface area contributed by atoms with Crippen LogP contribution in [0, 0.1) is 5.92 Å². The molecule has 4 heterocycles. The van der Waals surface area contributed by atoms with Gasteiger partial charge >= 0.3 is 0 Å². The fourth-order valence-corrected chi connectivity index (χ4v) is 4.05. The van der Waals surface area contributed by atoms with Crippen molar-refractivity contribution in [2.24, 2.45) is 5.92 Å². The zero-order chi connectivity index (χ0) is 19.3. The summed E-state index contributed by atoms with van der Waals surface area (Å²) in [6.07, 6.45) is 8.43. The third-order valence-electron chi connectivity index (χ3n) is 5.43. The second-order valence-corrected chi connectivity index (χ2v) is 8.24. The summed E-state index contributed by atoms with van der Waals surface area (Å²) < 4.78 is 7.52. The molecule has 2 aromatic heterocycles. The van der Waals surface area contributed by atoms with E-state index in [1.807, 2.05) is 12.4 Å². The monoisotopic (exact) mass is 384 g/mol. The van der Waals surface area contributed by atoms with E-state index in [4.69, 9.17) is 4.74 Å². The number of hydrogen-bond acceptors (Lipinski definition) is 6. The molecule has 0 unspecified atom stereocenters. The van der Waals surface area contributed by atoms with E-state index < -0.39 is 0 Å². The lowest BCUT2D eigenvalue weighted by atomic mass is 10.1. The van der Waals surface area contributed by atoms with Crippen LogP contribution in [0.4, 0.5) is 17.2 Å². The first-order valence-corrected chi connectivity index (χ1v) is 10.5. The third kappa shape index (κ3) is 4.76. The Balaban J connectivity index is 1.38. The van der Waals surface area contributed by atoms with E-state index in [1.54, 1.807) is 0 Å². The lowest BCUT2D eigenvalue weighted by Crippen LogP contribution is -2.42. The van der Waals surface area contributed by atoms with Gasteiger partial charge < -0.3 is 19.9 Å². The Morgan fingerprint density at radius 3 is 2.86 bits per heavy atom. The SMILES string of the molecule is CC(C)Cn1cc(N2CCC[C@@H](Nc3cc(N4CCOCC4)ccn3)C2)cn1. The van der Waals surface area contributed by atoms with Gasteiger partial charge in [0.25, 0.3) is 0 Å². The Kier molecular flexibility index (Phi) is 6.00. The van der Waals surface area contributed by atoms with E-state index in [1.165, 1.54) is 24.2 Å². The highest BCUT2D eigenvalue weighted by atomic mass is 16.5. The number of pyridine rings is 1. The van der Waals surface area contributed by atoms with Crippen molar-refractivity contribution in [1.82, 2.24) is 14.8 Å². The molecule has 0 aliphatic carbocycles. The average Bonchev–Trinajstić information content (AvgIpc) is 3.17. The minimum absolute atomic E-state index is 0.398. The molecule has 2 fully saturated rings. The molecule has 2 aliphatic heterocycles. The predicted molar refractivity (Wildman–Crippen MR) is 113 cm³/mol. The van der Waals surface area contributed by atoms with Crippen LogP contribution in [0.15, 0.2) is 30.7 Å². The summed E-state index contributed by atoms with van der Waals surface area (Å²) >= 11 is 0. The van der Waals surface area contributed by atoms with E-state index in [0.29, 0.717) is 12.0 Å². The molecule has 0 saturated carbocycles. The number of ether oxygens (including phenoxy) is 1. The maximum Gasteiger partial charge on any atom is 0.128 e. The molecule has 0 aromatic carbocycles. The van der Waals surface area contributed by atoms with E-state index in [2.05, 4.69) is 62.1 Å². The van der Waals surface area contributed by atoms with Crippen molar-refractivity contribution in [1.29, 1.82) is 0 Å². The Labute approximate surface area is 167 Å². The quantitative estimate of drug-likeness (QED) is 0.826. The average molecular weight is 385 g/mol. The topological polar surface area (TPSA) is 58.5 Å². The number of anilines is 3. The third-order valence-corrected chi connectivity index (χ3v) is 5.43. The van der Waals surface area contributed by atoms with Crippen molar-refractivity contribution < 1.29 is 4.74 Å². The standard InChI is InChI=1S/C21H32N6O/c1-17(2)14-27-16-20(13-23-27)26-7-3-4-18(15-26)24-21-12-19(5-6-22-21)25-8-10-28-11-9-25/h5-6,12-13,16-18H,3-4,7-11,14-15H2,1-2H3,(H,22,24)/t18-/m1/s1.